The summed E-state index contributed by atoms with van der Waals surface area (Å²) in [7, 11) is 0. The zero-order valence-corrected chi connectivity index (χ0v) is 18.3. The van der Waals surface area contributed by atoms with Gasteiger partial charge in [0.25, 0.3) is 0 Å². The number of benzene rings is 1. The number of carboxylic acids is 1. The molecular weight excluding hydrogens is 348 g/mol. The molecule has 0 saturated carbocycles. The minimum Gasteiger partial charge on any atom is -0.507 e. The van der Waals surface area contributed by atoms with Crippen LogP contribution in [0.4, 0.5) is 0 Å². The van der Waals surface area contributed by atoms with Crippen LogP contribution in [0.15, 0.2) is 12.1 Å². The van der Waals surface area contributed by atoms with Crippen LogP contribution in [0.2, 0.25) is 0 Å². The van der Waals surface area contributed by atoms with E-state index in [1.54, 1.807) is 6.07 Å². The second-order valence-electron chi connectivity index (χ2n) is 8.15. The zero-order chi connectivity index (χ0) is 20.6. The van der Waals surface area contributed by atoms with Gasteiger partial charge in [0.2, 0.25) is 0 Å². The summed E-state index contributed by atoms with van der Waals surface area (Å²) in [6.45, 7) is 4.46. The maximum Gasteiger partial charge on any atom is 0.339 e. The molecule has 0 radical (unpaired) electrons. The van der Waals surface area contributed by atoms with Crippen LogP contribution < -0.4 is 0 Å². The average Bonchev–Trinajstić information content (AvgIpc) is 2.67. The van der Waals surface area contributed by atoms with Gasteiger partial charge in [-0.05, 0) is 42.9 Å². The monoisotopic (exact) mass is 390 g/mol. The first-order valence-corrected chi connectivity index (χ1v) is 11.7. The molecule has 0 saturated heterocycles. The van der Waals surface area contributed by atoms with Gasteiger partial charge in [-0.1, -0.05) is 97.0 Å². The molecule has 0 aliphatic rings. The Bertz CT molecular complexity index is 551. The van der Waals surface area contributed by atoms with Crippen molar-refractivity contribution in [1.82, 2.24) is 0 Å². The van der Waals surface area contributed by atoms with E-state index in [0.29, 0.717) is 0 Å². The van der Waals surface area contributed by atoms with E-state index in [4.69, 9.17) is 0 Å². The Morgan fingerprint density at radius 1 is 0.714 bits per heavy atom. The Balaban J connectivity index is 2.55. The highest BCUT2D eigenvalue weighted by atomic mass is 16.4. The van der Waals surface area contributed by atoms with Crippen LogP contribution in [-0.2, 0) is 12.8 Å². The lowest BCUT2D eigenvalue weighted by Gasteiger charge is -2.14. The Morgan fingerprint density at radius 3 is 1.68 bits per heavy atom. The smallest absolute Gasteiger partial charge is 0.339 e. The number of aromatic carboxylic acids is 1. The van der Waals surface area contributed by atoms with Crippen molar-refractivity contribution in [1.29, 1.82) is 0 Å². The van der Waals surface area contributed by atoms with Crippen molar-refractivity contribution < 1.29 is 15.0 Å². The van der Waals surface area contributed by atoms with Crippen molar-refractivity contribution in [2.75, 3.05) is 0 Å². The lowest BCUT2D eigenvalue weighted by molar-refractivity contribution is 0.0693. The normalized spacial score (nSPS) is 11.1. The fourth-order valence-corrected chi connectivity index (χ4v) is 3.90. The van der Waals surface area contributed by atoms with Crippen LogP contribution >= 0.6 is 0 Å². The SMILES string of the molecule is CCCCCCCCCc1ccc(C(=O)O)c(O)c1CCCCCCCCC. The minimum atomic E-state index is -1.04. The van der Waals surface area contributed by atoms with Gasteiger partial charge in [0.15, 0.2) is 0 Å². The van der Waals surface area contributed by atoms with Crippen LogP contribution in [0, 0.1) is 0 Å². The van der Waals surface area contributed by atoms with Gasteiger partial charge in [-0.2, -0.15) is 0 Å². The Morgan fingerprint density at radius 2 is 1.18 bits per heavy atom. The molecule has 0 aromatic heterocycles. The van der Waals surface area contributed by atoms with Gasteiger partial charge < -0.3 is 10.2 Å². The zero-order valence-electron chi connectivity index (χ0n) is 18.3. The van der Waals surface area contributed by atoms with Crippen molar-refractivity contribution >= 4 is 5.97 Å². The maximum atomic E-state index is 11.4. The van der Waals surface area contributed by atoms with Crippen LogP contribution in [0.1, 0.15) is 125 Å². The van der Waals surface area contributed by atoms with Gasteiger partial charge >= 0.3 is 5.97 Å². The summed E-state index contributed by atoms with van der Waals surface area (Å²) in [6, 6.07) is 3.50. The lowest BCUT2D eigenvalue weighted by Crippen LogP contribution is -2.03. The van der Waals surface area contributed by atoms with E-state index in [0.717, 1.165) is 43.2 Å². The highest BCUT2D eigenvalue weighted by molar-refractivity contribution is 5.91. The van der Waals surface area contributed by atoms with E-state index in [2.05, 4.69) is 13.8 Å². The van der Waals surface area contributed by atoms with E-state index in [1.807, 2.05) is 6.07 Å². The number of rotatable bonds is 17. The Kier molecular flexibility index (Phi) is 13.5. The molecule has 0 atom stereocenters. The molecule has 0 unspecified atom stereocenters. The van der Waals surface area contributed by atoms with Crippen molar-refractivity contribution in [3.8, 4) is 5.75 Å². The molecule has 1 aromatic rings. The molecule has 0 spiro atoms. The number of carbonyl (C=O) groups is 1. The fraction of sp³-hybridized carbons (Fsp3) is 0.720. The summed E-state index contributed by atoms with van der Waals surface area (Å²) in [5.41, 5.74) is 2.06. The molecule has 28 heavy (non-hydrogen) atoms. The summed E-state index contributed by atoms with van der Waals surface area (Å²) < 4.78 is 0. The molecule has 1 rings (SSSR count). The molecular formula is C25H42O3. The molecule has 2 N–H and O–H groups in total. The standard InChI is InChI=1S/C25H42O3/c1-3-5-7-9-11-13-15-17-21-19-20-23(25(27)28)24(26)22(21)18-16-14-12-10-8-6-4-2/h19-20,26H,3-18H2,1-2H3,(H,27,28). The first-order chi connectivity index (χ1) is 13.6. The van der Waals surface area contributed by atoms with Crippen LogP contribution in [-0.4, -0.2) is 16.2 Å². The lowest BCUT2D eigenvalue weighted by atomic mass is 9.93. The summed E-state index contributed by atoms with van der Waals surface area (Å²) in [5.74, 6) is -1.04. The molecule has 0 aliphatic carbocycles. The summed E-state index contributed by atoms with van der Waals surface area (Å²) in [6.07, 6.45) is 19.1. The molecule has 160 valence electrons. The van der Waals surface area contributed by atoms with Crippen LogP contribution in [0.3, 0.4) is 0 Å². The molecule has 3 nitrogen and oxygen atoms in total. The molecule has 1 aromatic carbocycles. The van der Waals surface area contributed by atoms with Gasteiger partial charge in [-0.3, -0.25) is 0 Å². The third-order valence-corrected chi connectivity index (χ3v) is 5.69. The number of phenols is 1. The first kappa shape index (κ1) is 24.5. The summed E-state index contributed by atoms with van der Waals surface area (Å²) in [4.78, 5) is 11.4. The highest BCUT2D eigenvalue weighted by Gasteiger charge is 2.16. The molecule has 0 bridgehead atoms. The van der Waals surface area contributed by atoms with Gasteiger partial charge in [0.05, 0.1) is 0 Å². The van der Waals surface area contributed by atoms with E-state index in [9.17, 15) is 15.0 Å². The van der Waals surface area contributed by atoms with Crippen LogP contribution in [0.5, 0.6) is 5.75 Å². The highest BCUT2D eigenvalue weighted by Crippen LogP contribution is 2.29. The first-order valence-electron chi connectivity index (χ1n) is 11.7. The van der Waals surface area contributed by atoms with Crippen molar-refractivity contribution in [2.24, 2.45) is 0 Å². The Labute approximate surface area is 172 Å². The van der Waals surface area contributed by atoms with Gasteiger partial charge in [-0.15, -0.1) is 0 Å². The number of unbranched alkanes of at least 4 members (excludes halogenated alkanes) is 12. The number of aromatic hydroxyl groups is 1. The third-order valence-electron chi connectivity index (χ3n) is 5.69. The molecule has 0 aliphatic heterocycles. The number of hydrogen-bond donors (Lipinski definition) is 2. The number of carboxylic acid groups (broad SMARTS) is 1. The van der Waals surface area contributed by atoms with Crippen molar-refractivity contribution in [2.45, 2.75) is 117 Å². The van der Waals surface area contributed by atoms with Crippen molar-refractivity contribution in [3.63, 3.8) is 0 Å². The fourth-order valence-electron chi connectivity index (χ4n) is 3.90. The number of hydrogen-bond acceptors (Lipinski definition) is 2. The number of aryl methyl sites for hydroxylation is 1. The van der Waals surface area contributed by atoms with E-state index in [-0.39, 0.29) is 11.3 Å². The largest absolute Gasteiger partial charge is 0.507 e. The second kappa shape index (κ2) is 15.4. The average molecular weight is 391 g/mol. The van der Waals surface area contributed by atoms with E-state index < -0.39 is 5.97 Å². The molecule has 3 heteroatoms. The quantitative estimate of drug-likeness (QED) is 0.268. The van der Waals surface area contributed by atoms with Gasteiger partial charge in [0, 0.05) is 0 Å². The van der Waals surface area contributed by atoms with E-state index >= 15 is 0 Å². The minimum absolute atomic E-state index is 0.000992. The van der Waals surface area contributed by atoms with E-state index in [1.165, 1.54) is 70.6 Å². The Hall–Kier alpha value is -1.51. The molecule has 0 heterocycles. The summed E-state index contributed by atoms with van der Waals surface area (Å²) in [5, 5.41) is 19.9. The second-order valence-corrected chi connectivity index (χ2v) is 8.15. The summed E-state index contributed by atoms with van der Waals surface area (Å²) >= 11 is 0. The predicted octanol–water partition coefficient (Wildman–Crippen LogP) is 7.68. The molecule has 0 amide bonds. The van der Waals surface area contributed by atoms with Gasteiger partial charge in [-0.25, -0.2) is 4.79 Å². The third kappa shape index (κ3) is 9.61. The predicted molar refractivity (Wildman–Crippen MR) is 118 cm³/mol. The van der Waals surface area contributed by atoms with Crippen molar-refractivity contribution in [3.05, 3.63) is 28.8 Å². The van der Waals surface area contributed by atoms with Crippen LogP contribution in [0.25, 0.3) is 0 Å². The topological polar surface area (TPSA) is 57.5 Å². The maximum absolute atomic E-state index is 11.4. The van der Waals surface area contributed by atoms with Gasteiger partial charge in [0.1, 0.15) is 11.3 Å². The molecule has 0 fully saturated rings.